The van der Waals surface area contributed by atoms with Gasteiger partial charge in [0.25, 0.3) is 0 Å². The molecule has 32 heavy (non-hydrogen) atoms. The molecule has 0 atom stereocenters. The second kappa shape index (κ2) is 9.18. The van der Waals surface area contributed by atoms with E-state index in [0.717, 1.165) is 37.3 Å². The average Bonchev–Trinajstić information content (AvgIpc) is 3.33. The van der Waals surface area contributed by atoms with Gasteiger partial charge in [0.15, 0.2) is 0 Å². The summed E-state index contributed by atoms with van der Waals surface area (Å²) in [5.41, 5.74) is 3.28. The van der Waals surface area contributed by atoms with Crippen LogP contribution in [0.4, 0.5) is 11.4 Å². The molecule has 0 radical (unpaired) electrons. The predicted molar refractivity (Wildman–Crippen MR) is 123 cm³/mol. The molecule has 2 aromatic carbocycles. The van der Waals surface area contributed by atoms with Gasteiger partial charge < -0.3 is 14.7 Å². The van der Waals surface area contributed by atoms with Gasteiger partial charge in [-0.25, -0.2) is 13.6 Å². The highest BCUT2D eigenvalue weighted by atomic mass is 32.2. The first-order valence-electron chi connectivity index (χ1n) is 10.8. The summed E-state index contributed by atoms with van der Waals surface area (Å²) in [4.78, 5) is 19.4. The maximum absolute atomic E-state index is 13.1. The van der Waals surface area contributed by atoms with Gasteiger partial charge in [-0.15, -0.1) is 0 Å². The van der Waals surface area contributed by atoms with Crippen molar-refractivity contribution in [2.75, 3.05) is 49.1 Å². The summed E-state index contributed by atoms with van der Waals surface area (Å²) in [6.07, 6.45) is 2.31. The largest absolute Gasteiger partial charge is 0.371 e. The Morgan fingerprint density at radius 2 is 1.59 bits per heavy atom. The number of rotatable bonds is 5. The van der Waals surface area contributed by atoms with Crippen molar-refractivity contribution in [2.24, 2.45) is 5.14 Å². The van der Waals surface area contributed by atoms with Crippen LogP contribution in [-0.4, -0.2) is 58.5 Å². The van der Waals surface area contributed by atoms with E-state index >= 15 is 0 Å². The number of benzene rings is 2. The van der Waals surface area contributed by atoms with Crippen molar-refractivity contribution in [3.05, 3.63) is 53.6 Å². The van der Waals surface area contributed by atoms with Crippen LogP contribution in [0.5, 0.6) is 0 Å². The molecule has 168 valence electrons. The molecule has 1 amide bonds. The molecule has 0 bridgehead atoms. The van der Waals surface area contributed by atoms with Crippen LogP contribution in [0.2, 0.25) is 0 Å². The maximum atomic E-state index is 13.1. The molecule has 4 rings (SSSR count). The fourth-order valence-corrected chi connectivity index (χ4v) is 4.95. The van der Waals surface area contributed by atoms with E-state index in [2.05, 4.69) is 15.9 Å². The molecule has 8 nitrogen and oxygen atoms in total. The minimum absolute atomic E-state index is 0.0171. The Kier molecular flexibility index (Phi) is 6.35. The third kappa shape index (κ3) is 4.87. The molecule has 0 aliphatic carbocycles. The summed E-state index contributed by atoms with van der Waals surface area (Å²) < 4.78 is 23.7. The molecule has 2 fully saturated rings. The van der Waals surface area contributed by atoms with E-state index in [1.54, 1.807) is 24.3 Å². The third-order valence-corrected chi connectivity index (χ3v) is 7.07. The van der Waals surface area contributed by atoms with Crippen molar-refractivity contribution >= 4 is 27.3 Å². The van der Waals surface area contributed by atoms with Gasteiger partial charge in [0.05, 0.1) is 22.9 Å². The van der Waals surface area contributed by atoms with Gasteiger partial charge >= 0.3 is 0 Å². The number of nitriles is 1. The van der Waals surface area contributed by atoms with Gasteiger partial charge in [0.2, 0.25) is 15.9 Å². The second-order valence-corrected chi connectivity index (χ2v) is 9.79. The number of anilines is 2. The molecule has 0 saturated carbocycles. The van der Waals surface area contributed by atoms with Crippen LogP contribution in [0.25, 0.3) is 0 Å². The number of amides is 1. The number of hydrogen-bond acceptors (Lipinski definition) is 6. The molecule has 9 heteroatoms. The van der Waals surface area contributed by atoms with Crippen LogP contribution in [0.1, 0.15) is 24.0 Å². The molecule has 2 N–H and O–H groups in total. The molecule has 2 aliphatic heterocycles. The highest BCUT2D eigenvalue weighted by Gasteiger charge is 2.24. The van der Waals surface area contributed by atoms with Gasteiger partial charge in [0, 0.05) is 50.6 Å². The lowest BCUT2D eigenvalue weighted by Gasteiger charge is -2.36. The first kappa shape index (κ1) is 22.1. The fourth-order valence-electron chi connectivity index (χ4n) is 4.38. The van der Waals surface area contributed by atoms with Crippen molar-refractivity contribution in [3.8, 4) is 6.07 Å². The van der Waals surface area contributed by atoms with E-state index in [1.807, 2.05) is 17.0 Å². The second-order valence-electron chi connectivity index (χ2n) is 8.23. The lowest BCUT2D eigenvalue weighted by molar-refractivity contribution is -0.130. The van der Waals surface area contributed by atoms with Gasteiger partial charge in [-0.1, -0.05) is 0 Å². The van der Waals surface area contributed by atoms with E-state index in [0.29, 0.717) is 37.3 Å². The number of nitrogens with two attached hydrogens (primary N) is 1. The van der Waals surface area contributed by atoms with Crippen LogP contribution in [0.3, 0.4) is 0 Å². The topological polar surface area (TPSA) is 111 Å². The van der Waals surface area contributed by atoms with Crippen molar-refractivity contribution in [1.29, 1.82) is 5.26 Å². The number of hydrogen-bond donors (Lipinski definition) is 1. The molecule has 2 aliphatic rings. The lowest BCUT2D eigenvalue weighted by atomic mass is 10.1. The number of primary sulfonamides is 1. The van der Waals surface area contributed by atoms with Gasteiger partial charge in [-0.3, -0.25) is 4.79 Å². The Hall–Kier alpha value is -3.09. The summed E-state index contributed by atoms with van der Waals surface area (Å²) in [7, 11) is -3.84. The molecule has 2 aromatic rings. The van der Waals surface area contributed by atoms with Gasteiger partial charge in [0.1, 0.15) is 0 Å². The standard InChI is InChI=1S/C23H27N5O3S/c24-17-18-3-5-20(6-4-18)26-11-13-28(14-12-26)23(29)16-19-15-21(32(25,30)31)7-8-22(19)27-9-1-2-10-27/h3-8,15H,1-2,9-14,16H2,(H2,25,30,31). The number of nitrogens with zero attached hydrogens (tertiary/aromatic N) is 4. The van der Waals surface area contributed by atoms with E-state index in [1.165, 1.54) is 6.07 Å². The van der Waals surface area contributed by atoms with E-state index in [9.17, 15) is 13.2 Å². The lowest BCUT2D eigenvalue weighted by Crippen LogP contribution is -2.49. The molecular formula is C23H27N5O3S. The summed E-state index contributed by atoms with van der Waals surface area (Å²) in [5.74, 6) is -0.0171. The monoisotopic (exact) mass is 453 g/mol. The molecular weight excluding hydrogens is 426 g/mol. The number of carbonyl (C=O) groups is 1. The zero-order chi connectivity index (χ0) is 22.7. The van der Waals surface area contributed by atoms with E-state index < -0.39 is 10.0 Å². The SMILES string of the molecule is N#Cc1ccc(N2CCN(C(=O)Cc3cc(S(N)(=O)=O)ccc3N3CCCC3)CC2)cc1. The minimum atomic E-state index is -3.84. The van der Waals surface area contributed by atoms with E-state index in [4.69, 9.17) is 10.4 Å². The Bertz CT molecular complexity index is 1130. The van der Waals surface area contributed by atoms with Crippen molar-refractivity contribution in [1.82, 2.24) is 4.90 Å². The van der Waals surface area contributed by atoms with Crippen LogP contribution in [0, 0.1) is 11.3 Å². The zero-order valence-corrected chi connectivity index (χ0v) is 18.7. The first-order chi connectivity index (χ1) is 15.3. The zero-order valence-electron chi connectivity index (χ0n) is 17.9. The van der Waals surface area contributed by atoms with Crippen molar-refractivity contribution in [2.45, 2.75) is 24.2 Å². The Morgan fingerprint density at radius 1 is 0.938 bits per heavy atom. The van der Waals surface area contributed by atoms with Gasteiger partial charge in [-0.05, 0) is 60.9 Å². The molecule has 0 aromatic heterocycles. The molecule has 2 heterocycles. The smallest absolute Gasteiger partial charge is 0.238 e. The van der Waals surface area contributed by atoms with Crippen molar-refractivity contribution in [3.63, 3.8) is 0 Å². The molecule has 2 saturated heterocycles. The quantitative estimate of drug-likeness (QED) is 0.738. The highest BCUT2D eigenvalue weighted by Crippen LogP contribution is 2.28. The number of sulfonamides is 1. The summed E-state index contributed by atoms with van der Waals surface area (Å²) in [5, 5.41) is 14.3. The van der Waals surface area contributed by atoms with Gasteiger partial charge in [-0.2, -0.15) is 5.26 Å². The third-order valence-electron chi connectivity index (χ3n) is 6.16. The molecule has 0 unspecified atom stereocenters. The van der Waals surface area contributed by atoms with Crippen molar-refractivity contribution < 1.29 is 13.2 Å². The Morgan fingerprint density at radius 3 is 2.19 bits per heavy atom. The first-order valence-corrected chi connectivity index (χ1v) is 12.3. The number of piperazine rings is 1. The van der Waals surface area contributed by atoms with Crippen LogP contribution < -0.4 is 14.9 Å². The average molecular weight is 454 g/mol. The molecule has 0 spiro atoms. The Labute approximate surface area is 188 Å². The predicted octanol–water partition coefficient (Wildman–Crippen LogP) is 1.70. The van der Waals surface area contributed by atoms with E-state index in [-0.39, 0.29) is 17.2 Å². The fraction of sp³-hybridized carbons (Fsp3) is 0.391. The maximum Gasteiger partial charge on any atom is 0.238 e. The minimum Gasteiger partial charge on any atom is -0.371 e. The summed E-state index contributed by atoms with van der Waals surface area (Å²) in [6.45, 7) is 4.39. The Balaban J connectivity index is 1.46. The van der Waals surface area contributed by atoms with Crippen LogP contribution in [-0.2, 0) is 21.2 Å². The van der Waals surface area contributed by atoms with Crippen LogP contribution >= 0.6 is 0 Å². The highest BCUT2D eigenvalue weighted by molar-refractivity contribution is 7.89. The summed E-state index contributed by atoms with van der Waals surface area (Å²) >= 11 is 0. The van der Waals surface area contributed by atoms with Crippen LogP contribution in [0.15, 0.2) is 47.4 Å². The summed E-state index contributed by atoms with van der Waals surface area (Å²) in [6, 6.07) is 14.4. The number of carbonyl (C=O) groups excluding carboxylic acids is 1. The normalized spacial score (nSPS) is 16.8.